The fraction of sp³-hybridized carbons (Fsp3) is 0.344. The van der Waals surface area contributed by atoms with E-state index in [1.165, 1.54) is 12.8 Å². The van der Waals surface area contributed by atoms with E-state index in [-0.39, 0.29) is 0 Å². The number of ether oxygens (including phenoxy) is 1. The third-order valence-corrected chi connectivity index (χ3v) is 8.13. The average molecular weight is 534 g/mol. The van der Waals surface area contributed by atoms with Gasteiger partial charge in [0.15, 0.2) is 0 Å². The quantitative estimate of drug-likeness (QED) is 0.331. The average Bonchev–Trinajstić information content (AvgIpc) is 3.49. The van der Waals surface area contributed by atoms with Crippen molar-refractivity contribution in [2.45, 2.75) is 32.4 Å². The second kappa shape index (κ2) is 12.0. The molecule has 0 unspecified atom stereocenters. The predicted octanol–water partition coefficient (Wildman–Crippen LogP) is 5.35. The number of piperidine rings is 1. The van der Waals surface area contributed by atoms with Crippen LogP contribution in [0.4, 0.5) is 11.4 Å². The van der Waals surface area contributed by atoms with Crippen LogP contribution in [-0.4, -0.2) is 70.2 Å². The molecular weight excluding hydrogens is 498 g/mol. The number of hydrogen-bond donors (Lipinski definition) is 2. The first kappa shape index (κ1) is 26.2. The Morgan fingerprint density at radius 3 is 2.75 bits per heavy atom. The van der Waals surface area contributed by atoms with Crippen LogP contribution < -0.4 is 5.32 Å². The summed E-state index contributed by atoms with van der Waals surface area (Å²) < 4.78 is 5.52. The zero-order chi connectivity index (χ0) is 27.3. The van der Waals surface area contributed by atoms with Crippen LogP contribution in [0.25, 0.3) is 23.1 Å². The van der Waals surface area contributed by atoms with E-state index in [2.05, 4.69) is 56.3 Å². The van der Waals surface area contributed by atoms with E-state index in [0.29, 0.717) is 11.6 Å². The van der Waals surface area contributed by atoms with Gasteiger partial charge in [-0.3, -0.25) is 19.8 Å². The summed E-state index contributed by atoms with van der Waals surface area (Å²) >= 11 is 0. The van der Waals surface area contributed by atoms with Crippen LogP contribution in [0.2, 0.25) is 0 Å². The number of nitriles is 1. The van der Waals surface area contributed by atoms with Crippen LogP contribution in [0, 0.1) is 18.3 Å². The SMILES string of the molecule is Cc1c(Nc2c(C#N)cncc2/C=C/c2cccc(CN3CCC(N4CCOCC4)CC3)n2)ccc2[nH]ccc12. The molecule has 40 heavy (non-hydrogen) atoms. The van der Waals surface area contributed by atoms with Crippen LogP contribution in [-0.2, 0) is 11.3 Å². The van der Waals surface area contributed by atoms with Crippen molar-refractivity contribution in [3.05, 3.63) is 83.1 Å². The van der Waals surface area contributed by atoms with Gasteiger partial charge in [0.2, 0.25) is 0 Å². The maximum absolute atomic E-state index is 9.81. The second-order valence-electron chi connectivity index (χ2n) is 10.6. The Morgan fingerprint density at radius 1 is 1.07 bits per heavy atom. The molecule has 8 nitrogen and oxygen atoms in total. The van der Waals surface area contributed by atoms with Gasteiger partial charge in [0.05, 0.1) is 35.9 Å². The Balaban J connectivity index is 1.15. The first-order chi connectivity index (χ1) is 19.7. The van der Waals surface area contributed by atoms with Crippen LogP contribution in [0.3, 0.4) is 0 Å². The lowest BCUT2D eigenvalue weighted by Gasteiger charge is -2.40. The maximum Gasteiger partial charge on any atom is 0.103 e. The minimum absolute atomic E-state index is 0.498. The van der Waals surface area contributed by atoms with E-state index >= 15 is 0 Å². The summed E-state index contributed by atoms with van der Waals surface area (Å²) in [5.74, 6) is 0. The number of rotatable bonds is 7. The van der Waals surface area contributed by atoms with Crippen molar-refractivity contribution in [3.8, 4) is 6.07 Å². The molecule has 4 aromatic rings. The molecule has 204 valence electrons. The van der Waals surface area contributed by atoms with E-state index in [4.69, 9.17) is 9.72 Å². The fourth-order valence-corrected chi connectivity index (χ4v) is 5.85. The minimum Gasteiger partial charge on any atom is -0.379 e. The number of benzene rings is 1. The van der Waals surface area contributed by atoms with Crippen LogP contribution in [0.15, 0.2) is 55.0 Å². The molecular formula is C32H35N7O. The number of anilines is 2. The molecule has 0 aliphatic carbocycles. The Bertz CT molecular complexity index is 1540. The molecule has 6 rings (SSSR count). The Labute approximate surface area is 235 Å². The topological polar surface area (TPSA) is 93.1 Å². The molecule has 2 fully saturated rings. The summed E-state index contributed by atoms with van der Waals surface area (Å²) in [7, 11) is 0. The van der Waals surface area contributed by atoms with Gasteiger partial charge in [0, 0.05) is 79.5 Å². The minimum atomic E-state index is 0.498. The van der Waals surface area contributed by atoms with Gasteiger partial charge in [-0.05, 0) is 67.8 Å². The van der Waals surface area contributed by atoms with Gasteiger partial charge in [0.1, 0.15) is 6.07 Å². The van der Waals surface area contributed by atoms with Crippen molar-refractivity contribution in [2.75, 3.05) is 44.7 Å². The van der Waals surface area contributed by atoms with E-state index in [9.17, 15) is 5.26 Å². The standard InChI is InChI=1S/C32H35N7O/c1-23-29-9-12-35-31(29)8-7-30(23)37-32-24(20-34-21-25(32)19-33)5-6-26-3-2-4-27(36-26)22-38-13-10-28(11-14-38)39-15-17-40-18-16-39/h2-9,12,20-21,28,35H,10-11,13-18,22H2,1H3,(H,34,37)/b6-5+. The molecule has 0 spiro atoms. The summed E-state index contributed by atoms with van der Waals surface area (Å²) in [5, 5.41) is 14.5. The molecule has 1 aromatic carbocycles. The molecule has 5 heterocycles. The van der Waals surface area contributed by atoms with E-state index in [0.717, 1.165) is 90.7 Å². The Hall–Kier alpha value is -4.03. The maximum atomic E-state index is 9.81. The number of morpholine rings is 1. The van der Waals surface area contributed by atoms with Gasteiger partial charge >= 0.3 is 0 Å². The van der Waals surface area contributed by atoms with Gasteiger partial charge < -0.3 is 15.0 Å². The molecule has 0 bridgehead atoms. The van der Waals surface area contributed by atoms with Crippen LogP contribution in [0.5, 0.6) is 0 Å². The number of pyridine rings is 2. The zero-order valence-electron chi connectivity index (χ0n) is 22.9. The van der Waals surface area contributed by atoms with Crippen molar-refractivity contribution in [1.29, 1.82) is 5.26 Å². The van der Waals surface area contributed by atoms with E-state index in [1.54, 1.807) is 12.4 Å². The largest absolute Gasteiger partial charge is 0.379 e. The van der Waals surface area contributed by atoms with Crippen molar-refractivity contribution in [1.82, 2.24) is 24.8 Å². The summed E-state index contributed by atoms with van der Waals surface area (Å²) in [5.41, 5.74) is 7.21. The fourth-order valence-electron chi connectivity index (χ4n) is 5.85. The van der Waals surface area contributed by atoms with Crippen molar-refractivity contribution >= 4 is 34.4 Å². The number of H-pyrrole nitrogens is 1. The molecule has 0 radical (unpaired) electrons. The van der Waals surface area contributed by atoms with Gasteiger partial charge in [-0.25, -0.2) is 0 Å². The monoisotopic (exact) mass is 533 g/mol. The molecule has 0 atom stereocenters. The number of hydrogen-bond acceptors (Lipinski definition) is 7. The first-order valence-corrected chi connectivity index (χ1v) is 14.1. The predicted molar refractivity (Wildman–Crippen MR) is 159 cm³/mol. The summed E-state index contributed by atoms with van der Waals surface area (Å²) in [6, 6.07) is 15.3. The van der Waals surface area contributed by atoms with E-state index < -0.39 is 0 Å². The smallest absolute Gasteiger partial charge is 0.103 e. The Kier molecular flexibility index (Phi) is 7.87. The molecule has 2 N–H and O–H groups in total. The number of likely N-dealkylation sites (tertiary alicyclic amines) is 1. The lowest BCUT2D eigenvalue weighted by atomic mass is 10.0. The van der Waals surface area contributed by atoms with Crippen molar-refractivity contribution < 1.29 is 4.74 Å². The number of aromatic nitrogens is 3. The Morgan fingerprint density at radius 2 is 1.93 bits per heavy atom. The van der Waals surface area contributed by atoms with Crippen molar-refractivity contribution in [2.24, 2.45) is 0 Å². The highest BCUT2D eigenvalue weighted by molar-refractivity contribution is 5.90. The molecule has 0 saturated carbocycles. The van der Waals surface area contributed by atoms with Gasteiger partial charge in [-0.15, -0.1) is 0 Å². The molecule has 2 saturated heterocycles. The number of nitrogens with zero attached hydrogens (tertiary/aromatic N) is 5. The van der Waals surface area contributed by atoms with Crippen LogP contribution >= 0.6 is 0 Å². The van der Waals surface area contributed by atoms with Gasteiger partial charge in [-0.1, -0.05) is 6.07 Å². The molecule has 8 heteroatoms. The van der Waals surface area contributed by atoms with Gasteiger partial charge in [-0.2, -0.15) is 5.26 Å². The van der Waals surface area contributed by atoms with E-state index in [1.807, 2.05) is 36.5 Å². The number of nitrogens with one attached hydrogen (secondary N) is 2. The molecule has 2 aliphatic heterocycles. The molecule has 0 amide bonds. The lowest BCUT2D eigenvalue weighted by molar-refractivity contribution is 0.000137. The first-order valence-electron chi connectivity index (χ1n) is 14.1. The summed E-state index contributed by atoms with van der Waals surface area (Å²) in [4.78, 5) is 17.6. The number of aromatic amines is 1. The summed E-state index contributed by atoms with van der Waals surface area (Å²) in [6.07, 6.45) is 11.7. The normalized spacial score (nSPS) is 17.4. The summed E-state index contributed by atoms with van der Waals surface area (Å²) in [6.45, 7) is 8.99. The second-order valence-corrected chi connectivity index (χ2v) is 10.6. The molecule has 2 aliphatic rings. The third kappa shape index (κ3) is 5.77. The van der Waals surface area contributed by atoms with Crippen LogP contribution in [0.1, 0.15) is 40.9 Å². The van der Waals surface area contributed by atoms with Gasteiger partial charge in [0.25, 0.3) is 0 Å². The lowest BCUT2D eigenvalue weighted by Crippen LogP contribution is -2.48. The third-order valence-electron chi connectivity index (χ3n) is 8.13. The highest BCUT2D eigenvalue weighted by Crippen LogP contribution is 2.31. The number of fused-ring (bicyclic) bond motifs is 1. The highest BCUT2D eigenvalue weighted by atomic mass is 16.5. The van der Waals surface area contributed by atoms with Crippen molar-refractivity contribution in [3.63, 3.8) is 0 Å². The molecule has 3 aromatic heterocycles. The number of aryl methyl sites for hydroxylation is 1. The zero-order valence-corrected chi connectivity index (χ0v) is 22.9. The highest BCUT2D eigenvalue weighted by Gasteiger charge is 2.25.